The first kappa shape index (κ1) is 19.1. The number of nitrogens with zero attached hydrogens (tertiary/aromatic N) is 3. The normalized spacial score (nSPS) is 15.2. The van der Waals surface area contributed by atoms with E-state index in [0.717, 1.165) is 42.9 Å². The number of hydrogen-bond acceptors (Lipinski definition) is 6. The SMILES string of the molecule is COc1cccc(NC(=O)CN2CCC(c3nc(-c4ccccc4)no3)CC2)c1. The van der Waals surface area contributed by atoms with Crippen LogP contribution in [0.25, 0.3) is 11.4 Å². The number of hydrogen-bond donors (Lipinski definition) is 1. The van der Waals surface area contributed by atoms with Crippen molar-refractivity contribution in [3.05, 3.63) is 60.5 Å². The standard InChI is InChI=1S/C22H24N4O3/c1-28-19-9-5-8-18(14-19)23-20(27)15-26-12-10-17(11-13-26)22-24-21(25-29-22)16-6-3-2-4-7-16/h2-9,14,17H,10-13,15H2,1H3,(H,23,27). The minimum atomic E-state index is -0.0270. The molecule has 1 saturated heterocycles. The largest absolute Gasteiger partial charge is 0.497 e. The highest BCUT2D eigenvalue weighted by Crippen LogP contribution is 2.28. The van der Waals surface area contributed by atoms with Gasteiger partial charge in [-0.25, -0.2) is 0 Å². The average molecular weight is 392 g/mol. The molecule has 2 heterocycles. The summed E-state index contributed by atoms with van der Waals surface area (Å²) in [4.78, 5) is 19.1. The van der Waals surface area contributed by atoms with Crippen LogP contribution in [0.1, 0.15) is 24.7 Å². The Morgan fingerprint density at radius 1 is 1.17 bits per heavy atom. The molecule has 1 aliphatic heterocycles. The van der Waals surface area contributed by atoms with Gasteiger partial charge in [-0.05, 0) is 38.1 Å². The third kappa shape index (κ3) is 4.81. The second kappa shape index (κ2) is 8.87. The van der Waals surface area contributed by atoms with E-state index in [0.29, 0.717) is 18.3 Å². The maximum absolute atomic E-state index is 12.4. The second-order valence-electron chi connectivity index (χ2n) is 7.15. The average Bonchev–Trinajstić information content (AvgIpc) is 3.25. The Bertz CT molecular complexity index is 949. The lowest BCUT2D eigenvalue weighted by Crippen LogP contribution is -2.38. The Morgan fingerprint density at radius 3 is 2.72 bits per heavy atom. The Morgan fingerprint density at radius 2 is 1.97 bits per heavy atom. The van der Waals surface area contributed by atoms with E-state index in [9.17, 15) is 4.79 Å². The molecule has 29 heavy (non-hydrogen) atoms. The van der Waals surface area contributed by atoms with Gasteiger partial charge in [-0.3, -0.25) is 9.69 Å². The molecule has 1 amide bonds. The van der Waals surface area contributed by atoms with E-state index < -0.39 is 0 Å². The number of anilines is 1. The van der Waals surface area contributed by atoms with Crippen LogP contribution in [0.2, 0.25) is 0 Å². The van der Waals surface area contributed by atoms with Crippen LogP contribution in [-0.4, -0.2) is 47.7 Å². The number of benzene rings is 2. The molecule has 0 radical (unpaired) electrons. The number of carbonyl (C=O) groups excluding carboxylic acids is 1. The molecule has 1 N–H and O–H groups in total. The molecule has 3 aromatic rings. The second-order valence-corrected chi connectivity index (χ2v) is 7.15. The van der Waals surface area contributed by atoms with Crippen LogP contribution in [0.15, 0.2) is 59.1 Å². The van der Waals surface area contributed by atoms with E-state index in [1.54, 1.807) is 7.11 Å². The fraction of sp³-hybridized carbons (Fsp3) is 0.318. The monoisotopic (exact) mass is 392 g/mol. The predicted molar refractivity (Wildman–Crippen MR) is 110 cm³/mol. The predicted octanol–water partition coefficient (Wildman–Crippen LogP) is 3.56. The van der Waals surface area contributed by atoms with Crippen LogP contribution in [-0.2, 0) is 4.79 Å². The maximum atomic E-state index is 12.4. The molecule has 2 aromatic carbocycles. The van der Waals surface area contributed by atoms with Crippen molar-refractivity contribution in [1.82, 2.24) is 15.0 Å². The zero-order valence-electron chi connectivity index (χ0n) is 16.4. The summed E-state index contributed by atoms with van der Waals surface area (Å²) in [5.74, 6) is 2.24. The van der Waals surface area contributed by atoms with Gasteiger partial charge in [-0.2, -0.15) is 4.98 Å². The van der Waals surface area contributed by atoms with Gasteiger partial charge in [0.25, 0.3) is 0 Å². The van der Waals surface area contributed by atoms with E-state index >= 15 is 0 Å². The molecule has 0 saturated carbocycles. The van der Waals surface area contributed by atoms with Crippen LogP contribution in [0.4, 0.5) is 5.69 Å². The van der Waals surface area contributed by atoms with Crippen LogP contribution in [0.3, 0.4) is 0 Å². The van der Waals surface area contributed by atoms with Crippen LogP contribution in [0.5, 0.6) is 5.75 Å². The molecule has 0 aliphatic carbocycles. The minimum Gasteiger partial charge on any atom is -0.497 e. The molecule has 1 aliphatic rings. The zero-order valence-corrected chi connectivity index (χ0v) is 16.4. The van der Waals surface area contributed by atoms with Gasteiger partial charge in [0.15, 0.2) is 0 Å². The zero-order chi connectivity index (χ0) is 20.1. The van der Waals surface area contributed by atoms with Gasteiger partial charge in [-0.15, -0.1) is 0 Å². The first-order valence-electron chi connectivity index (χ1n) is 9.76. The van der Waals surface area contributed by atoms with E-state index in [1.807, 2.05) is 54.6 Å². The van der Waals surface area contributed by atoms with Crippen molar-refractivity contribution in [2.75, 3.05) is 32.1 Å². The molecule has 0 bridgehead atoms. The summed E-state index contributed by atoms with van der Waals surface area (Å²) < 4.78 is 10.7. The summed E-state index contributed by atoms with van der Waals surface area (Å²) in [5.41, 5.74) is 1.69. The molecule has 1 aromatic heterocycles. The van der Waals surface area contributed by atoms with Crippen molar-refractivity contribution in [2.45, 2.75) is 18.8 Å². The van der Waals surface area contributed by atoms with Gasteiger partial charge in [0.2, 0.25) is 17.6 Å². The Hall–Kier alpha value is -3.19. The molecule has 1 fully saturated rings. The molecule has 7 nitrogen and oxygen atoms in total. The fourth-order valence-corrected chi connectivity index (χ4v) is 3.55. The summed E-state index contributed by atoms with van der Waals surface area (Å²) >= 11 is 0. The van der Waals surface area contributed by atoms with E-state index in [1.165, 1.54) is 0 Å². The van der Waals surface area contributed by atoms with Gasteiger partial charge < -0.3 is 14.6 Å². The lowest BCUT2D eigenvalue weighted by molar-refractivity contribution is -0.117. The van der Waals surface area contributed by atoms with E-state index in [4.69, 9.17) is 9.26 Å². The first-order chi connectivity index (χ1) is 14.2. The summed E-state index contributed by atoms with van der Waals surface area (Å²) in [7, 11) is 1.61. The third-order valence-corrected chi connectivity index (χ3v) is 5.13. The lowest BCUT2D eigenvalue weighted by Gasteiger charge is -2.29. The highest BCUT2D eigenvalue weighted by molar-refractivity contribution is 5.92. The molecule has 0 atom stereocenters. The number of rotatable bonds is 6. The van der Waals surface area contributed by atoms with Gasteiger partial charge in [0.05, 0.1) is 13.7 Å². The number of methoxy groups -OCH3 is 1. The smallest absolute Gasteiger partial charge is 0.238 e. The minimum absolute atomic E-state index is 0.0270. The summed E-state index contributed by atoms with van der Waals surface area (Å²) in [6.45, 7) is 2.00. The van der Waals surface area contributed by atoms with Crippen molar-refractivity contribution in [1.29, 1.82) is 0 Å². The van der Waals surface area contributed by atoms with Gasteiger partial charge in [0, 0.05) is 23.2 Å². The Balaban J connectivity index is 1.28. The first-order valence-corrected chi connectivity index (χ1v) is 9.76. The molecule has 4 rings (SSSR count). The number of aromatic nitrogens is 2. The van der Waals surface area contributed by atoms with Crippen molar-refractivity contribution >= 4 is 11.6 Å². The molecular weight excluding hydrogens is 368 g/mol. The molecule has 150 valence electrons. The highest BCUT2D eigenvalue weighted by Gasteiger charge is 2.26. The molecule has 0 spiro atoms. The van der Waals surface area contributed by atoms with Crippen LogP contribution < -0.4 is 10.1 Å². The van der Waals surface area contributed by atoms with Crippen LogP contribution >= 0.6 is 0 Å². The van der Waals surface area contributed by atoms with Crippen molar-refractivity contribution in [3.8, 4) is 17.1 Å². The van der Waals surface area contributed by atoms with Crippen molar-refractivity contribution in [3.63, 3.8) is 0 Å². The number of piperidine rings is 1. The highest BCUT2D eigenvalue weighted by atomic mass is 16.5. The lowest BCUT2D eigenvalue weighted by atomic mass is 9.97. The topological polar surface area (TPSA) is 80.5 Å². The number of likely N-dealkylation sites (tertiary alicyclic amines) is 1. The molecular formula is C22H24N4O3. The summed E-state index contributed by atoms with van der Waals surface area (Å²) in [5, 5.41) is 7.04. The number of amides is 1. The van der Waals surface area contributed by atoms with Crippen molar-refractivity contribution in [2.24, 2.45) is 0 Å². The van der Waals surface area contributed by atoms with Crippen LogP contribution in [0, 0.1) is 0 Å². The van der Waals surface area contributed by atoms with Crippen molar-refractivity contribution < 1.29 is 14.1 Å². The quantitative estimate of drug-likeness (QED) is 0.691. The number of ether oxygens (including phenoxy) is 1. The fourth-order valence-electron chi connectivity index (χ4n) is 3.55. The molecule has 7 heteroatoms. The third-order valence-electron chi connectivity index (χ3n) is 5.13. The number of nitrogens with one attached hydrogen (secondary N) is 1. The molecule has 0 unspecified atom stereocenters. The number of carbonyl (C=O) groups is 1. The Kier molecular flexibility index (Phi) is 5.86. The summed E-state index contributed by atoms with van der Waals surface area (Å²) in [6.07, 6.45) is 1.78. The maximum Gasteiger partial charge on any atom is 0.238 e. The Labute approximate surface area is 169 Å². The summed E-state index contributed by atoms with van der Waals surface area (Å²) in [6, 6.07) is 17.2. The van der Waals surface area contributed by atoms with Gasteiger partial charge >= 0.3 is 0 Å². The van der Waals surface area contributed by atoms with E-state index in [-0.39, 0.29) is 11.8 Å². The van der Waals surface area contributed by atoms with Gasteiger partial charge in [-0.1, -0.05) is 41.6 Å². The van der Waals surface area contributed by atoms with E-state index in [2.05, 4.69) is 20.4 Å². The van der Waals surface area contributed by atoms with Gasteiger partial charge in [0.1, 0.15) is 5.75 Å².